The summed E-state index contributed by atoms with van der Waals surface area (Å²) in [4.78, 5) is 19.0. The molecule has 0 unspecified atom stereocenters. The van der Waals surface area contributed by atoms with Crippen molar-refractivity contribution in [1.82, 2.24) is 9.97 Å². The van der Waals surface area contributed by atoms with Gasteiger partial charge in [0, 0.05) is 25.9 Å². The van der Waals surface area contributed by atoms with Crippen molar-refractivity contribution >= 4 is 24.0 Å². The van der Waals surface area contributed by atoms with E-state index in [2.05, 4.69) is 9.97 Å². The lowest BCUT2D eigenvalue weighted by molar-refractivity contribution is -0.136. The molecule has 0 fully saturated rings. The van der Waals surface area contributed by atoms with Crippen molar-refractivity contribution in [3.05, 3.63) is 16.5 Å². The second kappa shape index (κ2) is 4.19. The SMILES string of the molecule is CN(C)c1cc(CC(=O)O)[nH]c(=S)n1. The Labute approximate surface area is 86.4 Å². The van der Waals surface area contributed by atoms with E-state index in [4.69, 9.17) is 17.3 Å². The molecule has 0 spiro atoms. The second-order valence-corrected chi connectivity index (χ2v) is 3.42. The first-order valence-electron chi connectivity index (χ1n) is 3.98. The molecule has 0 saturated heterocycles. The van der Waals surface area contributed by atoms with Gasteiger partial charge in [-0.2, -0.15) is 0 Å². The monoisotopic (exact) mass is 213 g/mol. The van der Waals surface area contributed by atoms with Gasteiger partial charge in [0.05, 0.1) is 6.42 Å². The second-order valence-electron chi connectivity index (χ2n) is 3.03. The number of nitrogens with zero attached hydrogens (tertiary/aromatic N) is 2. The lowest BCUT2D eigenvalue weighted by Crippen LogP contribution is -2.13. The fraction of sp³-hybridized carbons (Fsp3) is 0.375. The standard InChI is InChI=1S/C8H11N3O2S/c1-11(2)6-3-5(4-7(12)13)9-8(14)10-6/h3H,4H2,1-2H3,(H,12,13)(H,9,10,14). The zero-order valence-electron chi connectivity index (χ0n) is 7.94. The molecule has 5 nitrogen and oxygen atoms in total. The van der Waals surface area contributed by atoms with Crippen molar-refractivity contribution in [2.45, 2.75) is 6.42 Å². The molecule has 1 aromatic rings. The van der Waals surface area contributed by atoms with Gasteiger partial charge in [-0.05, 0) is 12.2 Å². The molecule has 0 aliphatic carbocycles. The van der Waals surface area contributed by atoms with E-state index in [1.165, 1.54) is 0 Å². The summed E-state index contributed by atoms with van der Waals surface area (Å²) in [5.41, 5.74) is 0.557. The number of aromatic amines is 1. The van der Waals surface area contributed by atoms with Gasteiger partial charge in [0.15, 0.2) is 4.77 Å². The van der Waals surface area contributed by atoms with Gasteiger partial charge < -0.3 is 15.0 Å². The average Bonchev–Trinajstić information content (AvgIpc) is 2.01. The average molecular weight is 213 g/mol. The third kappa shape index (κ3) is 2.81. The van der Waals surface area contributed by atoms with Gasteiger partial charge in [-0.25, -0.2) is 4.98 Å². The van der Waals surface area contributed by atoms with Crippen LogP contribution in [0, 0.1) is 4.77 Å². The summed E-state index contributed by atoms with van der Waals surface area (Å²) in [6.07, 6.45) is -0.0764. The number of carboxylic acids is 1. The number of nitrogens with one attached hydrogen (secondary N) is 1. The van der Waals surface area contributed by atoms with E-state index in [1.54, 1.807) is 11.0 Å². The maximum Gasteiger partial charge on any atom is 0.309 e. The van der Waals surface area contributed by atoms with E-state index < -0.39 is 5.97 Å². The first kappa shape index (κ1) is 10.6. The Morgan fingerprint density at radius 2 is 2.36 bits per heavy atom. The van der Waals surface area contributed by atoms with Gasteiger partial charge in [-0.3, -0.25) is 4.79 Å². The molecule has 0 aliphatic rings. The fourth-order valence-electron chi connectivity index (χ4n) is 0.981. The summed E-state index contributed by atoms with van der Waals surface area (Å²) in [6, 6.07) is 1.67. The van der Waals surface area contributed by atoms with E-state index in [9.17, 15) is 4.79 Å². The molecule has 0 amide bonds. The molecule has 0 atom stereocenters. The quantitative estimate of drug-likeness (QED) is 0.728. The molecule has 6 heteroatoms. The van der Waals surface area contributed by atoms with Crippen LogP contribution in [0.25, 0.3) is 0 Å². The maximum absolute atomic E-state index is 10.5. The normalized spacial score (nSPS) is 9.86. The van der Waals surface area contributed by atoms with Gasteiger partial charge in [0.1, 0.15) is 5.82 Å². The highest BCUT2D eigenvalue weighted by Crippen LogP contribution is 2.08. The highest BCUT2D eigenvalue weighted by atomic mass is 32.1. The van der Waals surface area contributed by atoms with Crippen molar-refractivity contribution < 1.29 is 9.90 Å². The minimum Gasteiger partial charge on any atom is -0.481 e. The van der Waals surface area contributed by atoms with Crippen LogP contribution < -0.4 is 4.90 Å². The van der Waals surface area contributed by atoms with Crippen LogP contribution in [0.1, 0.15) is 5.69 Å². The van der Waals surface area contributed by atoms with Crippen molar-refractivity contribution in [3.63, 3.8) is 0 Å². The predicted molar refractivity (Wildman–Crippen MR) is 55.1 cm³/mol. The van der Waals surface area contributed by atoms with E-state index in [1.807, 2.05) is 14.1 Å². The fourth-order valence-corrected chi connectivity index (χ4v) is 1.21. The van der Waals surface area contributed by atoms with E-state index in [0.717, 1.165) is 0 Å². The van der Waals surface area contributed by atoms with Gasteiger partial charge in [0.25, 0.3) is 0 Å². The van der Waals surface area contributed by atoms with Crippen molar-refractivity contribution in [3.8, 4) is 0 Å². The Hall–Kier alpha value is -1.43. The molecular formula is C8H11N3O2S. The number of hydrogen-bond donors (Lipinski definition) is 2. The van der Waals surface area contributed by atoms with Crippen LogP contribution in [-0.4, -0.2) is 35.1 Å². The Morgan fingerprint density at radius 3 is 2.86 bits per heavy atom. The molecule has 2 N–H and O–H groups in total. The van der Waals surface area contributed by atoms with E-state index >= 15 is 0 Å². The summed E-state index contributed by atoms with van der Waals surface area (Å²) in [5, 5.41) is 8.60. The number of carboxylic acid groups (broad SMARTS) is 1. The maximum atomic E-state index is 10.5. The van der Waals surface area contributed by atoms with Crippen LogP contribution in [0.2, 0.25) is 0 Å². The molecule has 0 saturated carbocycles. The number of aliphatic carboxylic acids is 1. The van der Waals surface area contributed by atoms with Gasteiger partial charge in [-0.15, -0.1) is 0 Å². The van der Waals surface area contributed by atoms with E-state index in [0.29, 0.717) is 16.3 Å². The number of aromatic nitrogens is 2. The molecule has 0 aliphatic heterocycles. The van der Waals surface area contributed by atoms with Crippen LogP contribution in [0.15, 0.2) is 6.07 Å². The van der Waals surface area contributed by atoms with Crippen molar-refractivity contribution in [2.75, 3.05) is 19.0 Å². The molecular weight excluding hydrogens is 202 g/mol. The first-order chi connectivity index (χ1) is 6.49. The van der Waals surface area contributed by atoms with Gasteiger partial charge in [-0.1, -0.05) is 0 Å². The minimum absolute atomic E-state index is 0.0764. The first-order valence-corrected chi connectivity index (χ1v) is 4.39. The molecule has 1 rings (SSSR count). The smallest absolute Gasteiger partial charge is 0.309 e. The molecule has 0 bridgehead atoms. The Bertz CT molecular complexity index is 400. The number of H-pyrrole nitrogens is 1. The summed E-state index contributed by atoms with van der Waals surface area (Å²) >= 11 is 4.87. The Morgan fingerprint density at radius 1 is 1.71 bits per heavy atom. The summed E-state index contributed by atoms with van der Waals surface area (Å²) in [6.45, 7) is 0. The molecule has 14 heavy (non-hydrogen) atoms. The predicted octanol–water partition coefficient (Wildman–Crippen LogP) is 0.832. The highest BCUT2D eigenvalue weighted by molar-refractivity contribution is 7.71. The van der Waals surface area contributed by atoms with Crippen LogP contribution in [0.5, 0.6) is 0 Å². The largest absolute Gasteiger partial charge is 0.481 e. The molecule has 0 radical (unpaired) electrons. The molecule has 76 valence electrons. The van der Waals surface area contributed by atoms with Crippen LogP contribution in [0.4, 0.5) is 5.82 Å². The number of rotatable bonds is 3. The molecule has 1 aromatic heterocycles. The molecule has 1 heterocycles. The Balaban J connectivity index is 3.07. The lowest BCUT2D eigenvalue weighted by atomic mass is 10.3. The van der Waals surface area contributed by atoms with E-state index in [-0.39, 0.29) is 6.42 Å². The van der Waals surface area contributed by atoms with Crippen molar-refractivity contribution in [2.24, 2.45) is 0 Å². The summed E-state index contributed by atoms with van der Waals surface area (Å²) in [5.74, 6) is -0.239. The third-order valence-corrected chi connectivity index (χ3v) is 1.78. The van der Waals surface area contributed by atoms with Gasteiger partial charge >= 0.3 is 5.97 Å². The highest BCUT2D eigenvalue weighted by Gasteiger charge is 2.04. The zero-order chi connectivity index (χ0) is 10.7. The Kier molecular flexibility index (Phi) is 3.19. The van der Waals surface area contributed by atoms with Crippen LogP contribution in [-0.2, 0) is 11.2 Å². The minimum atomic E-state index is -0.897. The summed E-state index contributed by atoms with van der Waals surface area (Å²) in [7, 11) is 3.64. The van der Waals surface area contributed by atoms with Crippen LogP contribution >= 0.6 is 12.2 Å². The lowest BCUT2D eigenvalue weighted by Gasteiger charge is -2.11. The summed E-state index contributed by atoms with van der Waals surface area (Å²) < 4.78 is 0.299. The number of carbonyl (C=O) groups is 1. The van der Waals surface area contributed by atoms with Gasteiger partial charge in [0.2, 0.25) is 0 Å². The number of anilines is 1. The zero-order valence-corrected chi connectivity index (χ0v) is 8.76. The topological polar surface area (TPSA) is 69.2 Å². The van der Waals surface area contributed by atoms with Crippen molar-refractivity contribution in [1.29, 1.82) is 0 Å². The van der Waals surface area contributed by atoms with Crippen LogP contribution in [0.3, 0.4) is 0 Å². The third-order valence-electron chi connectivity index (χ3n) is 1.59. The molecule has 0 aromatic carbocycles. The number of hydrogen-bond acceptors (Lipinski definition) is 4.